The molecule has 0 aliphatic heterocycles. The van der Waals surface area contributed by atoms with Gasteiger partial charge in [0.2, 0.25) is 0 Å². The summed E-state index contributed by atoms with van der Waals surface area (Å²) in [6, 6.07) is 9.53. The lowest BCUT2D eigenvalue weighted by molar-refractivity contribution is 1.12. The number of hydrogen-bond donors (Lipinski definition) is 2. The first-order valence-corrected chi connectivity index (χ1v) is 4.64. The zero-order valence-corrected chi connectivity index (χ0v) is 8.32. The molecule has 76 valence electrons. The van der Waals surface area contributed by atoms with Gasteiger partial charge in [-0.2, -0.15) is 0 Å². The van der Waals surface area contributed by atoms with Crippen LogP contribution < -0.4 is 10.9 Å². The average molecular weight is 201 g/mol. The van der Waals surface area contributed by atoms with Crippen molar-refractivity contribution in [2.24, 2.45) is 0 Å². The van der Waals surface area contributed by atoms with Crippen molar-refractivity contribution in [3.63, 3.8) is 0 Å². The second-order valence-corrected chi connectivity index (χ2v) is 3.09. The second kappa shape index (κ2) is 3.96. The van der Waals surface area contributed by atoms with Crippen LogP contribution in [-0.2, 0) is 0 Å². The third-order valence-corrected chi connectivity index (χ3v) is 2.12. The Morgan fingerprint density at radius 1 is 1.27 bits per heavy atom. The minimum absolute atomic E-state index is 0.161. The molecule has 0 saturated carbocycles. The van der Waals surface area contributed by atoms with Crippen LogP contribution in [0.1, 0.15) is 0 Å². The van der Waals surface area contributed by atoms with Crippen molar-refractivity contribution < 1.29 is 0 Å². The van der Waals surface area contributed by atoms with Crippen molar-refractivity contribution in [1.29, 1.82) is 0 Å². The molecule has 0 unspecified atom stereocenters. The quantitative estimate of drug-likeness (QED) is 0.773. The molecule has 0 aliphatic rings. The van der Waals surface area contributed by atoms with Crippen molar-refractivity contribution in [3.05, 3.63) is 46.9 Å². The summed E-state index contributed by atoms with van der Waals surface area (Å²) in [4.78, 5) is 18.4. The summed E-state index contributed by atoms with van der Waals surface area (Å²) in [5.41, 5.74) is 1.21. The highest BCUT2D eigenvalue weighted by molar-refractivity contribution is 5.55. The zero-order chi connectivity index (χ0) is 10.7. The monoisotopic (exact) mass is 201 g/mol. The van der Waals surface area contributed by atoms with Gasteiger partial charge in [0.05, 0.1) is 6.20 Å². The Morgan fingerprint density at radius 3 is 2.60 bits per heavy atom. The van der Waals surface area contributed by atoms with Gasteiger partial charge in [-0.05, 0) is 0 Å². The molecule has 0 fully saturated rings. The Kier molecular flexibility index (Phi) is 2.49. The molecule has 1 aromatic heterocycles. The summed E-state index contributed by atoms with van der Waals surface area (Å²) in [5.74, 6) is 0.583. The molecule has 0 aliphatic carbocycles. The van der Waals surface area contributed by atoms with Crippen molar-refractivity contribution in [2.45, 2.75) is 0 Å². The van der Waals surface area contributed by atoms with Crippen LogP contribution in [-0.4, -0.2) is 17.0 Å². The van der Waals surface area contributed by atoms with Gasteiger partial charge >= 0.3 is 0 Å². The summed E-state index contributed by atoms with van der Waals surface area (Å²) in [6.07, 6.45) is 1.53. The Balaban J connectivity index is 2.48. The lowest BCUT2D eigenvalue weighted by Gasteiger charge is -2.02. The third kappa shape index (κ3) is 1.88. The van der Waals surface area contributed by atoms with Gasteiger partial charge in [0.25, 0.3) is 5.56 Å². The molecule has 0 radical (unpaired) electrons. The Hall–Kier alpha value is -2.10. The molecule has 15 heavy (non-hydrogen) atoms. The molecule has 4 heteroatoms. The van der Waals surface area contributed by atoms with Gasteiger partial charge in [0, 0.05) is 12.6 Å². The van der Waals surface area contributed by atoms with E-state index in [9.17, 15) is 4.79 Å². The summed E-state index contributed by atoms with van der Waals surface area (Å²) in [7, 11) is 1.69. The fourth-order valence-electron chi connectivity index (χ4n) is 1.32. The van der Waals surface area contributed by atoms with Crippen LogP contribution in [0.3, 0.4) is 0 Å². The highest BCUT2D eigenvalue weighted by Gasteiger charge is 2.01. The molecule has 0 amide bonds. The van der Waals surface area contributed by atoms with Crippen LogP contribution in [0.4, 0.5) is 5.69 Å². The maximum absolute atomic E-state index is 11.5. The van der Waals surface area contributed by atoms with Gasteiger partial charge < -0.3 is 10.3 Å². The van der Waals surface area contributed by atoms with Crippen molar-refractivity contribution in [1.82, 2.24) is 9.97 Å². The number of nitrogens with zero attached hydrogens (tertiary/aromatic N) is 1. The maximum atomic E-state index is 11.5. The SMILES string of the molecule is CNc1cnc(-c2ccccc2)[nH]c1=O. The molecule has 2 aromatic rings. The first-order chi connectivity index (χ1) is 7.31. The van der Waals surface area contributed by atoms with Gasteiger partial charge in [-0.25, -0.2) is 4.98 Å². The highest BCUT2D eigenvalue weighted by atomic mass is 16.1. The van der Waals surface area contributed by atoms with E-state index in [2.05, 4.69) is 15.3 Å². The standard InChI is InChI=1S/C11H11N3O/c1-12-9-7-13-10(14-11(9)15)8-5-3-2-4-6-8/h2-7,12H,1H3,(H,13,14,15). The molecule has 0 atom stereocenters. The van der Waals surface area contributed by atoms with Gasteiger partial charge in [0.15, 0.2) is 0 Å². The molecule has 4 nitrogen and oxygen atoms in total. The number of H-pyrrole nitrogens is 1. The molecule has 2 N–H and O–H groups in total. The Bertz CT molecular complexity index is 505. The van der Waals surface area contributed by atoms with Crippen LogP contribution in [0.25, 0.3) is 11.4 Å². The van der Waals surface area contributed by atoms with Crippen LogP contribution in [0.2, 0.25) is 0 Å². The highest BCUT2D eigenvalue weighted by Crippen LogP contribution is 2.12. The Morgan fingerprint density at radius 2 is 2.00 bits per heavy atom. The molecule has 0 saturated heterocycles. The first-order valence-electron chi connectivity index (χ1n) is 4.64. The lowest BCUT2D eigenvalue weighted by atomic mass is 10.2. The predicted octanol–water partition coefficient (Wildman–Crippen LogP) is 1.48. The topological polar surface area (TPSA) is 57.8 Å². The van der Waals surface area contributed by atoms with E-state index >= 15 is 0 Å². The van der Waals surface area contributed by atoms with Crippen LogP contribution >= 0.6 is 0 Å². The number of hydrogen-bond acceptors (Lipinski definition) is 3. The van der Waals surface area contributed by atoms with Crippen molar-refractivity contribution >= 4 is 5.69 Å². The van der Waals surface area contributed by atoms with E-state index in [0.29, 0.717) is 11.5 Å². The van der Waals surface area contributed by atoms with E-state index < -0.39 is 0 Å². The normalized spacial score (nSPS) is 9.93. The third-order valence-electron chi connectivity index (χ3n) is 2.12. The van der Waals surface area contributed by atoms with Gasteiger partial charge in [-0.3, -0.25) is 4.79 Å². The largest absolute Gasteiger partial charge is 0.382 e. The van der Waals surface area contributed by atoms with E-state index in [0.717, 1.165) is 5.56 Å². The van der Waals surface area contributed by atoms with Gasteiger partial charge in [-0.15, -0.1) is 0 Å². The summed E-state index contributed by atoms with van der Waals surface area (Å²) in [6.45, 7) is 0. The smallest absolute Gasteiger partial charge is 0.274 e. The van der Waals surface area contributed by atoms with E-state index in [-0.39, 0.29) is 5.56 Å². The summed E-state index contributed by atoms with van der Waals surface area (Å²) in [5, 5.41) is 2.77. The molecule has 0 spiro atoms. The predicted molar refractivity (Wildman–Crippen MR) is 59.8 cm³/mol. The fraction of sp³-hybridized carbons (Fsp3) is 0.0909. The molecule has 1 heterocycles. The lowest BCUT2D eigenvalue weighted by Crippen LogP contribution is -2.13. The van der Waals surface area contributed by atoms with E-state index in [1.165, 1.54) is 6.20 Å². The number of aromatic amines is 1. The molecular formula is C11H11N3O. The minimum atomic E-state index is -0.161. The zero-order valence-electron chi connectivity index (χ0n) is 8.32. The molecule has 2 rings (SSSR count). The maximum Gasteiger partial charge on any atom is 0.274 e. The Labute approximate surface area is 87.0 Å². The van der Waals surface area contributed by atoms with E-state index in [4.69, 9.17) is 0 Å². The number of aromatic nitrogens is 2. The minimum Gasteiger partial charge on any atom is -0.382 e. The van der Waals surface area contributed by atoms with E-state index in [1.807, 2.05) is 30.3 Å². The number of nitrogens with one attached hydrogen (secondary N) is 2. The van der Waals surface area contributed by atoms with Gasteiger partial charge in [0.1, 0.15) is 11.5 Å². The fourth-order valence-corrected chi connectivity index (χ4v) is 1.32. The average Bonchev–Trinajstić information content (AvgIpc) is 2.30. The van der Waals surface area contributed by atoms with Crippen LogP contribution in [0, 0.1) is 0 Å². The summed E-state index contributed by atoms with van der Waals surface area (Å²) < 4.78 is 0. The van der Waals surface area contributed by atoms with Gasteiger partial charge in [-0.1, -0.05) is 30.3 Å². The number of benzene rings is 1. The van der Waals surface area contributed by atoms with Crippen LogP contribution in [0.15, 0.2) is 41.3 Å². The molecular weight excluding hydrogens is 190 g/mol. The molecule has 1 aromatic carbocycles. The van der Waals surface area contributed by atoms with Crippen molar-refractivity contribution in [2.75, 3.05) is 12.4 Å². The van der Waals surface area contributed by atoms with Crippen LogP contribution in [0.5, 0.6) is 0 Å². The number of anilines is 1. The summed E-state index contributed by atoms with van der Waals surface area (Å²) >= 11 is 0. The van der Waals surface area contributed by atoms with Crippen molar-refractivity contribution in [3.8, 4) is 11.4 Å². The van der Waals surface area contributed by atoms with E-state index in [1.54, 1.807) is 7.05 Å². The number of rotatable bonds is 2. The first kappa shape index (κ1) is 9.45. The second-order valence-electron chi connectivity index (χ2n) is 3.09. The molecule has 0 bridgehead atoms.